The molecule has 1 rings (SSSR count). The van der Waals surface area contributed by atoms with Crippen molar-refractivity contribution in [1.82, 2.24) is 0 Å². The van der Waals surface area contributed by atoms with E-state index in [4.69, 9.17) is 14.4 Å². The van der Waals surface area contributed by atoms with Crippen LogP contribution in [0.3, 0.4) is 0 Å². The van der Waals surface area contributed by atoms with Gasteiger partial charge in [-0.15, -0.1) is 0 Å². The van der Waals surface area contributed by atoms with E-state index >= 15 is 0 Å². The summed E-state index contributed by atoms with van der Waals surface area (Å²) in [5.41, 5.74) is 0.956. The van der Waals surface area contributed by atoms with Gasteiger partial charge in [-0.1, -0.05) is 24.6 Å². The Balaban J connectivity index is 0.000000362. The van der Waals surface area contributed by atoms with Crippen LogP contribution in [0.25, 0.3) is 0 Å². The van der Waals surface area contributed by atoms with Gasteiger partial charge < -0.3 is 9.84 Å². The lowest BCUT2D eigenvalue weighted by atomic mass is 10.2. The highest BCUT2D eigenvalue weighted by molar-refractivity contribution is 7.85. The van der Waals surface area contributed by atoms with Gasteiger partial charge in [0.05, 0.1) is 17.6 Å². The van der Waals surface area contributed by atoms with Gasteiger partial charge in [-0.05, 0) is 32.4 Å². The summed E-state index contributed by atoms with van der Waals surface area (Å²) in [7, 11) is -4.02. The molecule has 0 aliphatic heterocycles. The minimum atomic E-state index is -4.02. The van der Waals surface area contributed by atoms with Crippen LogP contribution in [0.4, 0.5) is 0 Å². The van der Waals surface area contributed by atoms with Crippen LogP contribution in [0.1, 0.15) is 25.8 Å². The topological polar surface area (TPSA) is 83.8 Å². The summed E-state index contributed by atoms with van der Waals surface area (Å²) in [6, 6.07) is 5.99. The Morgan fingerprint density at radius 3 is 2.16 bits per heavy atom. The van der Waals surface area contributed by atoms with Crippen LogP contribution < -0.4 is 0 Å². The molecule has 0 heterocycles. The second kappa shape index (κ2) is 9.03. The molecule has 0 aromatic heterocycles. The van der Waals surface area contributed by atoms with Crippen LogP contribution in [0.5, 0.6) is 0 Å². The standard InChI is InChI=1S/C7H8O3S.C6H14O2/c1-6-2-4-7(5-3-6)11(8,9)10;1-3-4-8-6(2)5-7/h2-5H,1H3,(H,8,9,10);6-7H,3-5H2,1-2H3. The molecule has 0 aliphatic carbocycles. The van der Waals surface area contributed by atoms with Crippen LogP contribution in [-0.2, 0) is 14.9 Å². The predicted molar refractivity (Wildman–Crippen MR) is 73.8 cm³/mol. The second-order valence-corrected chi connectivity index (χ2v) is 5.57. The first kappa shape index (κ1) is 18.0. The largest absolute Gasteiger partial charge is 0.394 e. The average Bonchev–Trinajstić information content (AvgIpc) is 2.36. The maximum Gasteiger partial charge on any atom is 0.294 e. The maximum atomic E-state index is 10.5. The average molecular weight is 290 g/mol. The summed E-state index contributed by atoms with van der Waals surface area (Å²) in [5, 5.41) is 8.44. The summed E-state index contributed by atoms with van der Waals surface area (Å²) in [4.78, 5) is -0.0666. The van der Waals surface area contributed by atoms with Crippen molar-refractivity contribution in [2.45, 2.75) is 38.2 Å². The number of benzene rings is 1. The molecule has 0 saturated carbocycles. The van der Waals surface area contributed by atoms with Crippen molar-refractivity contribution >= 4 is 10.1 Å². The number of hydrogen-bond acceptors (Lipinski definition) is 4. The Labute approximate surface area is 115 Å². The summed E-state index contributed by atoms with van der Waals surface area (Å²) >= 11 is 0. The molecule has 0 saturated heterocycles. The lowest BCUT2D eigenvalue weighted by Gasteiger charge is -2.06. The molecular weight excluding hydrogens is 268 g/mol. The monoisotopic (exact) mass is 290 g/mol. The van der Waals surface area contributed by atoms with E-state index in [1.165, 1.54) is 12.1 Å². The third kappa shape index (κ3) is 8.72. The van der Waals surface area contributed by atoms with E-state index < -0.39 is 10.1 Å². The molecular formula is C13H22O5S. The van der Waals surface area contributed by atoms with Gasteiger partial charge >= 0.3 is 0 Å². The molecule has 0 aliphatic rings. The smallest absolute Gasteiger partial charge is 0.294 e. The predicted octanol–water partition coefficient (Wildman–Crippen LogP) is 2.04. The van der Waals surface area contributed by atoms with Gasteiger partial charge in [-0.2, -0.15) is 8.42 Å². The number of rotatable bonds is 5. The van der Waals surface area contributed by atoms with Gasteiger partial charge in [0, 0.05) is 6.61 Å². The maximum absolute atomic E-state index is 10.5. The van der Waals surface area contributed by atoms with Gasteiger partial charge in [-0.3, -0.25) is 4.55 Å². The van der Waals surface area contributed by atoms with E-state index in [1.807, 2.05) is 20.8 Å². The van der Waals surface area contributed by atoms with Crippen molar-refractivity contribution in [3.63, 3.8) is 0 Å². The fourth-order valence-electron chi connectivity index (χ4n) is 1.08. The van der Waals surface area contributed by atoms with Crippen molar-refractivity contribution in [1.29, 1.82) is 0 Å². The van der Waals surface area contributed by atoms with Gasteiger partial charge in [-0.25, -0.2) is 0 Å². The summed E-state index contributed by atoms with van der Waals surface area (Å²) in [6.45, 7) is 6.62. The fourth-order valence-corrected chi connectivity index (χ4v) is 1.56. The SMILES string of the molecule is CCCOC(C)CO.Cc1ccc(S(=O)(=O)O)cc1. The van der Waals surface area contributed by atoms with Gasteiger partial charge in [0.25, 0.3) is 10.1 Å². The molecule has 1 aromatic rings. The minimum Gasteiger partial charge on any atom is -0.394 e. The highest BCUT2D eigenvalue weighted by Gasteiger charge is 2.06. The molecule has 1 atom stereocenters. The third-order valence-electron chi connectivity index (χ3n) is 2.18. The van der Waals surface area contributed by atoms with Crippen molar-refractivity contribution in [3.8, 4) is 0 Å². The Bertz CT molecular complexity index is 439. The van der Waals surface area contributed by atoms with Crippen molar-refractivity contribution in [3.05, 3.63) is 29.8 Å². The lowest BCUT2D eigenvalue weighted by Crippen LogP contribution is -2.12. The molecule has 0 bridgehead atoms. The quantitative estimate of drug-likeness (QED) is 0.811. The molecule has 110 valence electrons. The summed E-state index contributed by atoms with van der Waals surface area (Å²) in [5.74, 6) is 0. The zero-order valence-electron chi connectivity index (χ0n) is 11.5. The van der Waals surface area contributed by atoms with E-state index in [-0.39, 0.29) is 17.6 Å². The lowest BCUT2D eigenvalue weighted by molar-refractivity contribution is 0.0254. The van der Waals surface area contributed by atoms with Crippen LogP contribution in [0.15, 0.2) is 29.2 Å². The second-order valence-electron chi connectivity index (χ2n) is 4.15. The van der Waals surface area contributed by atoms with Crippen LogP contribution >= 0.6 is 0 Å². The van der Waals surface area contributed by atoms with Crippen LogP contribution in [0.2, 0.25) is 0 Å². The summed E-state index contributed by atoms with van der Waals surface area (Å²) in [6.07, 6.45) is 1.03. The highest BCUT2D eigenvalue weighted by Crippen LogP contribution is 2.08. The molecule has 1 aromatic carbocycles. The van der Waals surface area contributed by atoms with E-state index in [9.17, 15) is 8.42 Å². The molecule has 0 fully saturated rings. The minimum absolute atomic E-state index is 0.00921. The molecule has 5 nitrogen and oxygen atoms in total. The van der Waals surface area contributed by atoms with Crippen LogP contribution in [-0.4, -0.2) is 37.4 Å². The highest BCUT2D eigenvalue weighted by atomic mass is 32.2. The number of aliphatic hydroxyl groups is 1. The summed E-state index contributed by atoms with van der Waals surface area (Å²) < 4.78 is 34.6. The van der Waals surface area contributed by atoms with E-state index in [1.54, 1.807) is 12.1 Å². The van der Waals surface area contributed by atoms with Crippen molar-refractivity contribution in [2.24, 2.45) is 0 Å². The molecule has 0 amide bonds. The first-order valence-corrected chi connectivity index (χ1v) is 7.51. The van der Waals surface area contributed by atoms with Crippen molar-refractivity contribution < 1.29 is 22.8 Å². The zero-order chi connectivity index (χ0) is 14.9. The molecule has 2 N–H and O–H groups in total. The Morgan fingerprint density at radius 1 is 1.26 bits per heavy atom. The first-order chi connectivity index (χ1) is 8.81. The van der Waals surface area contributed by atoms with Gasteiger partial charge in [0.1, 0.15) is 0 Å². The van der Waals surface area contributed by atoms with Crippen molar-refractivity contribution in [2.75, 3.05) is 13.2 Å². The fraction of sp³-hybridized carbons (Fsp3) is 0.538. The number of aryl methyl sites for hydroxylation is 1. The van der Waals surface area contributed by atoms with Crippen LogP contribution in [0, 0.1) is 6.92 Å². The van der Waals surface area contributed by atoms with Gasteiger partial charge in [0.15, 0.2) is 0 Å². The molecule has 19 heavy (non-hydrogen) atoms. The van der Waals surface area contributed by atoms with E-state index in [0.717, 1.165) is 18.6 Å². The Morgan fingerprint density at radius 2 is 1.79 bits per heavy atom. The number of hydrogen-bond donors (Lipinski definition) is 2. The Kier molecular flexibility index (Phi) is 8.58. The normalized spacial score (nSPS) is 12.5. The number of ether oxygens (including phenoxy) is 1. The molecule has 0 radical (unpaired) electrons. The molecule has 6 heteroatoms. The Hall–Kier alpha value is -0.950. The van der Waals surface area contributed by atoms with E-state index in [0.29, 0.717) is 0 Å². The van der Waals surface area contributed by atoms with E-state index in [2.05, 4.69) is 0 Å². The zero-order valence-corrected chi connectivity index (χ0v) is 12.4. The molecule has 1 unspecified atom stereocenters. The molecule has 0 spiro atoms. The first-order valence-electron chi connectivity index (χ1n) is 6.07. The van der Waals surface area contributed by atoms with Gasteiger partial charge in [0.2, 0.25) is 0 Å². The third-order valence-corrected chi connectivity index (χ3v) is 3.05. The number of aliphatic hydroxyl groups excluding tert-OH is 1.